The fraction of sp³-hybridized carbons (Fsp3) is 0.308. The van der Waals surface area contributed by atoms with E-state index in [1.807, 2.05) is 49.4 Å². The van der Waals surface area contributed by atoms with Gasteiger partial charge in [-0.05, 0) is 42.2 Å². The van der Waals surface area contributed by atoms with Crippen LogP contribution < -0.4 is 10.1 Å². The molecule has 1 amide bonds. The number of aliphatic hydroxyl groups excluding tert-OH is 1. The van der Waals surface area contributed by atoms with E-state index in [-0.39, 0.29) is 12.8 Å². The highest BCUT2D eigenvalue weighted by atomic mass is 16.5. The monoisotopic (exact) mass is 437 g/mol. The van der Waals surface area contributed by atoms with Crippen molar-refractivity contribution in [2.75, 3.05) is 13.7 Å². The molecular weight excluding hydrogens is 406 g/mol. The van der Waals surface area contributed by atoms with Crippen molar-refractivity contribution in [2.24, 2.45) is 0 Å². The molecule has 2 N–H and O–H groups in total. The summed E-state index contributed by atoms with van der Waals surface area (Å²) in [6, 6.07) is 12.7. The van der Waals surface area contributed by atoms with Gasteiger partial charge in [-0.1, -0.05) is 42.5 Å². The van der Waals surface area contributed by atoms with Crippen LogP contribution in [0, 0.1) is 6.92 Å². The molecule has 170 valence electrons. The second-order valence-corrected chi connectivity index (χ2v) is 7.38. The minimum atomic E-state index is -1.24. The first-order valence-corrected chi connectivity index (χ1v) is 10.5. The first-order chi connectivity index (χ1) is 15.4. The molecule has 0 aliphatic carbocycles. The molecular formula is C26H31NO5. The minimum Gasteiger partial charge on any atom is -0.493 e. The van der Waals surface area contributed by atoms with Crippen molar-refractivity contribution in [3.8, 4) is 16.9 Å². The maximum Gasteiger partial charge on any atom is 0.307 e. The zero-order chi connectivity index (χ0) is 23.5. The van der Waals surface area contributed by atoms with Crippen LogP contribution in [-0.4, -0.2) is 36.8 Å². The van der Waals surface area contributed by atoms with Gasteiger partial charge in [0.15, 0.2) is 0 Å². The molecule has 0 aliphatic heterocycles. The third-order valence-electron chi connectivity index (χ3n) is 5.00. The summed E-state index contributed by atoms with van der Waals surface area (Å²) in [6.07, 6.45) is 2.81. The van der Waals surface area contributed by atoms with E-state index in [0.717, 1.165) is 28.9 Å². The van der Waals surface area contributed by atoms with Crippen molar-refractivity contribution in [3.05, 3.63) is 78.9 Å². The summed E-state index contributed by atoms with van der Waals surface area (Å²) in [5, 5.41) is 12.7. The first kappa shape index (κ1) is 24.9. The lowest BCUT2D eigenvalue weighted by Gasteiger charge is -2.21. The van der Waals surface area contributed by atoms with E-state index in [9.17, 15) is 14.7 Å². The van der Waals surface area contributed by atoms with Crippen LogP contribution >= 0.6 is 0 Å². The van der Waals surface area contributed by atoms with Gasteiger partial charge in [-0.3, -0.25) is 9.59 Å². The third-order valence-corrected chi connectivity index (χ3v) is 5.00. The third kappa shape index (κ3) is 6.82. The van der Waals surface area contributed by atoms with Crippen molar-refractivity contribution in [3.63, 3.8) is 0 Å². The largest absolute Gasteiger partial charge is 0.493 e. The lowest BCUT2D eigenvalue weighted by molar-refractivity contribution is -0.141. The summed E-state index contributed by atoms with van der Waals surface area (Å²) < 4.78 is 10.8. The molecule has 6 nitrogen and oxygen atoms in total. The molecule has 0 heterocycles. The lowest BCUT2D eigenvalue weighted by atomic mass is 9.94. The van der Waals surface area contributed by atoms with Crippen LogP contribution in [0.5, 0.6) is 5.75 Å². The van der Waals surface area contributed by atoms with Crippen LogP contribution in [0.15, 0.2) is 67.8 Å². The summed E-state index contributed by atoms with van der Waals surface area (Å²) in [5.41, 5.74) is 3.58. The van der Waals surface area contributed by atoms with Gasteiger partial charge in [0, 0.05) is 12.0 Å². The smallest absolute Gasteiger partial charge is 0.307 e. The van der Waals surface area contributed by atoms with Crippen molar-refractivity contribution < 1.29 is 24.2 Å². The Labute approximate surface area is 189 Å². The van der Waals surface area contributed by atoms with E-state index < -0.39 is 24.0 Å². The molecule has 0 radical (unpaired) electrons. The zero-order valence-electron chi connectivity index (χ0n) is 18.7. The van der Waals surface area contributed by atoms with Crippen LogP contribution in [-0.2, 0) is 14.3 Å². The summed E-state index contributed by atoms with van der Waals surface area (Å²) in [6.45, 7) is 9.78. The predicted octanol–water partition coefficient (Wildman–Crippen LogP) is 4.27. The van der Waals surface area contributed by atoms with Crippen LogP contribution in [0.1, 0.15) is 36.4 Å². The molecule has 2 aromatic carbocycles. The molecule has 0 fully saturated rings. The Morgan fingerprint density at radius 3 is 2.59 bits per heavy atom. The molecule has 0 saturated heterocycles. The number of esters is 1. The van der Waals surface area contributed by atoms with Gasteiger partial charge in [-0.25, -0.2) is 0 Å². The van der Waals surface area contributed by atoms with E-state index in [2.05, 4.69) is 18.5 Å². The van der Waals surface area contributed by atoms with Crippen LogP contribution in [0.2, 0.25) is 0 Å². The highest BCUT2D eigenvalue weighted by molar-refractivity contribution is 5.82. The van der Waals surface area contributed by atoms with Gasteiger partial charge in [-0.2, -0.15) is 0 Å². The molecule has 32 heavy (non-hydrogen) atoms. The number of ether oxygens (including phenoxy) is 2. The van der Waals surface area contributed by atoms with Gasteiger partial charge in [0.1, 0.15) is 11.9 Å². The summed E-state index contributed by atoms with van der Waals surface area (Å²) >= 11 is 0. The van der Waals surface area contributed by atoms with Crippen molar-refractivity contribution >= 4 is 11.9 Å². The Hall–Kier alpha value is -3.38. The molecule has 0 spiro atoms. The molecule has 2 aromatic rings. The van der Waals surface area contributed by atoms with E-state index in [1.165, 1.54) is 13.2 Å². The lowest BCUT2D eigenvalue weighted by Crippen LogP contribution is -2.37. The fourth-order valence-electron chi connectivity index (χ4n) is 3.33. The fourth-order valence-corrected chi connectivity index (χ4v) is 3.33. The Kier molecular flexibility index (Phi) is 9.70. The average molecular weight is 438 g/mol. The Balaban J connectivity index is 2.41. The average Bonchev–Trinajstić information content (AvgIpc) is 2.79. The van der Waals surface area contributed by atoms with Gasteiger partial charge in [0.2, 0.25) is 5.91 Å². The summed E-state index contributed by atoms with van der Waals surface area (Å²) in [4.78, 5) is 24.4. The van der Waals surface area contributed by atoms with Crippen molar-refractivity contribution in [1.29, 1.82) is 0 Å². The zero-order valence-corrected chi connectivity index (χ0v) is 18.7. The van der Waals surface area contributed by atoms with Crippen molar-refractivity contribution in [1.82, 2.24) is 5.32 Å². The molecule has 0 aromatic heterocycles. The Bertz CT molecular complexity index is 953. The molecule has 0 bridgehead atoms. The number of carbonyl (C=O) groups is 2. The van der Waals surface area contributed by atoms with E-state index in [4.69, 9.17) is 9.47 Å². The quantitative estimate of drug-likeness (QED) is 0.294. The number of benzene rings is 2. The standard InChI is InChI=1S/C26H31NO5/c1-5-7-15-32-23-14-8-11-18(3)25(23)20-13-9-12-19(16-20)21(17-24(29)31-4)27-26(30)22(28)10-6-2/h5-6,8-9,11-14,16,21-22,28H,1-2,7,10,15,17H2,3-4H3,(H,27,30)/t21-,22+/m0/s1. The molecule has 0 unspecified atom stereocenters. The maximum absolute atomic E-state index is 12.4. The normalized spacial score (nSPS) is 12.3. The molecule has 2 atom stereocenters. The number of amides is 1. The second kappa shape index (κ2) is 12.5. The number of hydrogen-bond acceptors (Lipinski definition) is 5. The molecule has 0 saturated carbocycles. The molecule has 0 aliphatic rings. The number of rotatable bonds is 12. The highest BCUT2D eigenvalue weighted by Gasteiger charge is 2.23. The summed E-state index contributed by atoms with van der Waals surface area (Å²) in [7, 11) is 1.30. The van der Waals surface area contributed by atoms with Crippen LogP contribution in [0.25, 0.3) is 11.1 Å². The van der Waals surface area contributed by atoms with E-state index in [1.54, 1.807) is 6.08 Å². The minimum absolute atomic E-state index is 0.0665. The van der Waals surface area contributed by atoms with Gasteiger partial charge in [0.05, 0.1) is 26.2 Å². The van der Waals surface area contributed by atoms with Gasteiger partial charge < -0.3 is 19.9 Å². The summed E-state index contributed by atoms with van der Waals surface area (Å²) in [5.74, 6) is -0.296. The number of carbonyl (C=O) groups excluding carboxylic acids is 2. The number of aryl methyl sites for hydroxylation is 1. The molecule has 6 heteroatoms. The molecule has 2 rings (SSSR count). The Morgan fingerprint density at radius 2 is 1.91 bits per heavy atom. The Morgan fingerprint density at radius 1 is 1.16 bits per heavy atom. The van der Waals surface area contributed by atoms with Gasteiger partial charge >= 0.3 is 5.97 Å². The second-order valence-electron chi connectivity index (χ2n) is 7.38. The topological polar surface area (TPSA) is 84.9 Å². The predicted molar refractivity (Wildman–Crippen MR) is 125 cm³/mol. The van der Waals surface area contributed by atoms with Gasteiger partial charge in [0.25, 0.3) is 0 Å². The van der Waals surface area contributed by atoms with Crippen LogP contribution in [0.3, 0.4) is 0 Å². The number of aliphatic hydroxyl groups is 1. The van der Waals surface area contributed by atoms with Crippen LogP contribution in [0.4, 0.5) is 0 Å². The number of methoxy groups -OCH3 is 1. The van der Waals surface area contributed by atoms with E-state index >= 15 is 0 Å². The SMILES string of the molecule is C=CCCOc1cccc(C)c1-c1cccc([C@H](CC(=O)OC)NC(=O)[C@H](O)CC=C)c1. The highest BCUT2D eigenvalue weighted by Crippen LogP contribution is 2.35. The maximum atomic E-state index is 12.4. The first-order valence-electron chi connectivity index (χ1n) is 10.5. The van der Waals surface area contributed by atoms with Crippen molar-refractivity contribution in [2.45, 2.75) is 38.3 Å². The number of hydrogen-bond donors (Lipinski definition) is 2. The van der Waals surface area contributed by atoms with E-state index in [0.29, 0.717) is 12.2 Å². The van der Waals surface area contributed by atoms with Gasteiger partial charge in [-0.15, -0.1) is 13.2 Å². The number of nitrogens with one attached hydrogen (secondary N) is 1.